The van der Waals surface area contributed by atoms with Gasteiger partial charge in [-0.2, -0.15) is 0 Å². The Bertz CT molecular complexity index is 531. The van der Waals surface area contributed by atoms with Crippen molar-refractivity contribution in [2.45, 2.75) is 32.9 Å². The zero-order valence-electron chi connectivity index (χ0n) is 13.4. The molecule has 0 spiro atoms. The second-order valence-corrected chi connectivity index (χ2v) is 5.57. The van der Waals surface area contributed by atoms with Crippen molar-refractivity contribution < 1.29 is 19.1 Å². The Kier molecular flexibility index (Phi) is 7.59. The van der Waals surface area contributed by atoms with Crippen molar-refractivity contribution in [1.29, 1.82) is 0 Å². The topological polar surface area (TPSA) is 111 Å². The second-order valence-electron chi connectivity index (χ2n) is 5.57. The standard InChI is InChI=1S/C16H23N3O4/c1-11(2)8-13(15(17)21)19-14(20)9-18-16(22)23-10-12-6-4-3-5-7-12/h3-7,11,13H,8-10H2,1-2H3,(H2,17,21)(H,18,22)(H,19,20)/t13-/m0/s1. The molecule has 3 amide bonds. The summed E-state index contributed by atoms with van der Waals surface area (Å²) in [6.07, 6.45) is -0.261. The first-order valence-electron chi connectivity index (χ1n) is 7.41. The summed E-state index contributed by atoms with van der Waals surface area (Å²) in [5.41, 5.74) is 6.08. The van der Waals surface area contributed by atoms with E-state index in [4.69, 9.17) is 10.5 Å². The van der Waals surface area contributed by atoms with Crippen LogP contribution in [0.3, 0.4) is 0 Å². The number of primary amides is 1. The fourth-order valence-corrected chi connectivity index (χ4v) is 1.89. The SMILES string of the molecule is CC(C)C[C@H](NC(=O)CNC(=O)OCc1ccccc1)C(N)=O. The molecule has 1 aromatic rings. The lowest BCUT2D eigenvalue weighted by Crippen LogP contribution is -2.48. The van der Waals surface area contributed by atoms with Crippen LogP contribution in [-0.2, 0) is 20.9 Å². The minimum Gasteiger partial charge on any atom is -0.445 e. The number of alkyl carbamates (subject to hydrolysis) is 1. The van der Waals surface area contributed by atoms with Crippen molar-refractivity contribution in [3.8, 4) is 0 Å². The Hall–Kier alpha value is -2.57. The zero-order chi connectivity index (χ0) is 17.2. The first-order chi connectivity index (χ1) is 10.9. The van der Waals surface area contributed by atoms with E-state index in [9.17, 15) is 14.4 Å². The van der Waals surface area contributed by atoms with Gasteiger partial charge < -0.3 is 21.1 Å². The number of benzene rings is 1. The van der Waals surface area contributed by atoms with E-state index < -0.39 is 23.9 Å². The lowest BCUT2D eigenvalue weighted by molar-refractivity contribution is -0.127. The van der Waals surface area contributed by atoms with Gasteiger partial charge in [0, 0.05) is 0 Å². The van der Waals surface area contributed by atoms with E-state index in [1.165, 1.54) is 0 Å². The molecule has 0 aliphatic rings. The Labute approximate surface area is 135 Å². The predicted octanol–water partition coefficient (Wildman–Crippen LogP) is 0.929. The summed E-state index contributed by atoms with van der Waals surface area (Å²) >= 11 is 0. The molecule has 126 valence electrons. The molecule has 0 radical (unpaired) electrons. The van der Waals surface area contributed by atoms with Crippen molar-refractivity contribution in [2.24, 2.45) is 11.7 Å². The summed E-state index contributed by atoms with van der Waals surface area (Å²) in [6.45, 7) is 3.67. The molecule has 1 rings (SSSR count). The molecule has 0 aromatic heterocycles. The minimum absolute atomic E-state index is 0.117. The number of ether oxygens (including phenoxy) is 1. The third-order valence-electron chi connectivity index (χ3n) is 2.99. The first kappa shape index (κ1) is 18.5. The highest BCUT2D eigenvalue weighted by Gasteiger charge is 2.19. The van der Waals surface area contributed by atoms with Crippen molar-refractivity contribution in [3.05, 3.63) is 35.9 Å². The Morgan fingerprint density at radius 2 is 1.83 bits per heavy atom. The quantitative estimate of drug-likeness (QED) is 0.661. The number of rotatable bonds is 8. The van der Waals surface area contributed by atoms with E-state index in [-0.39, 0.29) is 19.1 Å². The summed E-state index contributed by atoms with van der Waals surface area (Å²) in [7, 11) is 0. The molecule has 1 atom stereocenters. The highest BCUT2D eigenvalue weighted by Crippen LogP contribution is 2.04. The lowest BCUT2D eigenvalue weighted by atomic mass is 10.0. The molecular formula is C16H23N3O4. The van der Waals surface area contributed by atoms with Crippen LogP contribution >= 0.6 is 0 Å². The molecular weight excluding hydrogens is 298 g/mol. The number of hydrogen-bond acceptors (Lipinski definition) is 4. The fourth-order valence-electron chi connectivity index (χ4n) is 1.89. The predicted molar refractivity (Wildman–Crippen MR) is 85.2 cm³/mol. The van der Waals surface area contributed by atoms with Crippen LogP contribution < -0.4 is 16.4 Å². The van der Waals surface area contributed by atoms with Gasteiger partial charge in [-0.1, -0.05) is 44.2 Å². The van der Waals surface area contributed by atoms with E-state index >= 15 is 0 Å². The van der Waals surface area contributed by atoms with Gasteiger partial charge in [0.15, 0.2) is 0 Å². The molecule has 4 N–H and O–H groups in total. The van der Waals surface area contributed by atoms with Gasteiger partial charge >= 0.3 is 6.09 Å². The number of carbonyl (C=O) groups is 3. The maximum atomic E-state index is 11.7. The number of amides is 3. The van der Waals surface area contributed by atoms with Gasteiger partial charge in [0.05, 0.1) is 0 Å². The fraction of sp³-hybridized carbons (Fsp3) is 0.438. The highest BCUT2D eigenvalue weighted by molar-refractivity contribution is 5.88. The Balaban J connectivity index is 2.31. The lowest BCUT2D eigenvalue weighted by Gasteiger charge is -2.17. The number of nitrogens with two attached hydrogens (primary N) is 1. The smallest absolute Gasteiger partial charge is 0.407 e. The van der Waals surface area contributed by atoms with Crippen molar-refractivity contribution in [2.75, 3.05) is 6.54 Å². The molecule has 0 heterocycles. The summed E-state index contributed by atoms with van der Waals surface area (Å²) in [6, 6.07) is 8.43. The average molecular weight is 321 g/mol. The summed E-state index contributed by atoms with van der Waals surface area (Å²) in [4.78, 5) is 34.5. The van der Waals surface area contributed by atoms with E-state index in [1.54, 1.807) is 0 Å². The zero-order valence-corrected chi connectivity index (χ0v) is 13.4. The van der Waals surface area contributed by atoms with Gasteiger partial charge in [-0.05, 0) is 17.9 Å². The van der Waals surface area contributed by atoms with E-state index in [1.807, 2.05) is 44.2 Å². The minimum atomic E-state index is -0.746. The maximum absolute atomic E-state index is 11.7. The number of nitrogens with one attached hydrogen (secondary N) is 2. The van der Waals surface area contributed by atoms with Crippen LogP contribution in [0.2, 0.25) is 0 Å². The number of hydrogen-bond donors (Lipinski definition) is 3. The van der Waals surface area contributed by atoms with Crippen molar-refractivity contribution in [3.63, 3.8) is 0 Å². The summed E-state index contributed by atoms with van der Waals surface area (Å²) < 4.78 is 4.97. The van der Waals surface area contributed by atoms with Crippen molar-refractivity contribution in [1.82, 2.24) is 10.6 Å². The molecule has 0 saturated heterocycles. The summed E-state index contributed by atoms with van der Waals surface area (Å²) in [5, 5.41) is 4.82. The molecule has 23 heavy (non-hydrogen) atoms. The van der Waals surface area contributed by atoms with Crippen LogP contribution in [0.1, 0.15) is 25.8 Å². The van der Waals surface area contributed by atoms with Gasteiger partial charge in [0.2, 0.25) is 11.8 Å². The Morgan fingerprint density at radius 1 is 1.17 bits per heavy atom. The maximum Gasteiger partial charge on any atom is 0.407 e. The normalized spacial score (nSPS) is 11.6. The van der Waals surface area contributed by atoms with E-state index in [0.29, 0.717) is 6.42 Å². The second kappa shape index (κ2) is 9.45. The third kappa shape index (κ3) is 7.85. The van der Waals surface area contributed by atoms with Gasteiger partial charge in [0.1, 0.15) is 19.2 Å². The summed E-state index contributed by atoms with van der Waals surface area (Å²) in [5.74, 6) is -0.888. The molecule has 0 aliphatic heterocycles. The third-order valence-corrected chi connectivity index (χ3v) is 2.99. The Morgan fingerprint density at radius 3 is 2.39 bits per heavy atom. The van der Waals surface area contributed by atoms with Crippen LogP contribution in [-0.4, -0.2) is 30.5 Å². The molecule has 0 aliphatic carbocycles. The van der Waals surface area contributed by atoms with Crippen LogP contribution in [0, 0.1) is 5.92 Å². The van der Waals surface area contributed by atoms with E-state index in [2.05, 4.69) is 10.6 Å². The van der Waals surface area contributed by atoms with Gasteiger partial charge in [0.25, 0.3) is 0 Å². The van der Waals surface area contributed by atoms with Crippen LogP contribution in [0.15, 0.2) is 30.3 Å². The first-order valence-corrected chi connectivity index (χ1v) is 7.41. The van der Waals surface area contributed by atoms with Gasteiger partial charge in [-0.3, -0.25) is 9.59 Å². The average Bonchev–Trinajstić information content (AvgIpc) is 2.50. The van der Waals surface area contributed by atoms with Crippen LogP contribution in [0.4, 0.5) is 4.79 Å². The number of carbonyl (C=O) groups excluding carboxylic acids is 3. The molecule has 1 aromatic carbocycles. The van der Waals surface area contributed by atoms with Crippen molar-refractivity contribution >= 4 is 17.9 Å². The molecule has 7 heteroatoms. The molecule has 7 nitrogen and oxygen atoms in total. The van der Waals surface area contributed by atoms with Gasteiger partial charge in [-0.25, -0.2) is 4.79 Å². The van der Waals surface area contributed by atoms with Crippen LogP contribution in [0.25, 0.3) is 0 Å². The highest BCUT2D eigenvalue weighted by atomic mass is 16.5. The largest absolute Gasteiger partial charge is 0.445 e. The molecule has 0 unspecified atom stereocenters. The van der Waals surface area contributed by atoms with Crippen LogP contribution in [0.5, 0.6) is 0 Å². The molecule has 0 bridgehead atoms. The van der Waals surface area contributed by atoms with Gasteiger partial charge in [-0.15, -0.1) is 0 Å². The monoisotopic (exact) mass is 321 g/mol. The molecule has 0 saturated carbocycles. The van der Waals surface area contributed by atoms with E-state index in [0.717, 1.165) is 5.56 Å². The molecule has 0 fully saturated rings.